The SMILES string of the molecule is CNc1cc(Nc2ccc(OC)cc2)cc([N+](=O)[O-])c1. The van der Waals surface area contributed by atoms with Crippen molar-refractivity contribution in [3.63, 3.8) is 0 Å². The van der Waals surface area contributed by atoms with Gasteiger partial charge in [-0.2, -0.15) is 0 Å². The number of nitrogens with zero attached hydrogens (tertiary/aromatic N) is 1. The Morgan fingerprint density at radius 1 is 1.05 bits per heavy atom. The summed E-state index contributed by atoms with van der Waals surface area (Å²) in [5, 5.41) is 16.9. The molecule has 0 saturated heterocycles. The van der Waals surface area contributed by atoms with E-state index in [4.69, 9.17) is 4.74 Å². The molecule has 2 rings (SSSR count). The first-order valence-corrected chi connectivity index (χ1v) is 6.00. The minimum Gasteiger partial charge on any atom is -0.497 e. The summed E-state index contributed by atoms with van der Waals surface area (Å²) in [5.74, 6) is 0.755. The molecule has 0 saturated carbocycles. The van der Waals surface area contributed by atoms with Crippen LogP contribution < -0.4 is 15.4 Å². The molecule has 0 aromatic heterocycles. The maximum Gasteiger partial charge on any atom is 0.273 e. The molecule has 6 heteroatoms. The largest absolute Gasteiger partial charge is 0.497 e. The van der Waals surface area contributed by atoms with E-state index >= 15 is 0 Å². The number of hydrogen-bond donors (Lipinski definition) is 2. The Hall–Kier alpha value is -2.76. The number of benzene rings is 2. The van der Waals surface area contributed by atoms with Crippen LogP contribution in [0.15, 0.2) is 42.5 Å². The summed E-state index contributed by atoms with van der Waals surface area (Å²) >= 11 is 0. The summed E-state index contributed by atoms with van der Waals surface area (Å²) < 4.78 is 5.08. The zero-order valence-corrected chi connectivity index (χ0v) is 11.2. The number of methoxy groups -OCH3 is 1. The summed E-state index contributed by atoms with van der Waals surface area (Å²) in [7, 11) is 3.32. The van der Waals surface area contributed by atoms with E-state index in [1.54, 1.807) is 20.2 Å². The second kappa shape index (κ2) is 5.92. The maximum atomic E-state index is 10.9. The molecule has 0 radical (unpaired) electrons. The van der Waals surface area contributed by atoms with Crippen LogP contribution in [0, 0.1) is 10.1 Å². The van der Waals surface area contributed by atoms with Crippen LogP contribution in [0.5, 0.6) is 5.75 Å². The van der Waals surface area contributed by atoms with Crippen LogP contribution in [0.1, 0.15) is 0 Å². The fourth-order valence-corrected chi connectivity index (χ4v) is 1.77. The quantitative estimate of drug-likeness (QED) is 0.645. The Morgan fingerprint density at radius 3 is 2.25 bits per heavy atom. The van der Waals surface area contributed by atoms with Gasteiger partial charge < -0.3 is 15.4 Å². The number of anilines is 3. The third kappa shape index (κ3) is 3.17. The number of nitro benzene ring substituents is 1. The van der Waals surface area contributed by atoms with Gasteiger partial charge in [-0.25, -0.2) is 0 Å². The average Bonchev–Trinajstić information content (AvgIpc) is 2.47. The molecule has 2 aromatic rings. The van der Waals surface area contributed by atoms with Crippen LogP contribution in [0.25, 0.3) is 0 Å². The second-order valence-electron chi connectivity index (χ2n) is 4.13. The van der Waals surface area contributed by atoms with Crippen molar-refractivity contribution in [3.05, 3.63) is 52.6 Å². The Bertz CT molecular complexity index is 612. The normalized spacial score (nSPS) is 9.90. The molecule has 0 unspecified atom stereocenters. The molecule has 0 spiro atoms. The van der Waals surface area contributed by atoms with Gasteiger partial charge in [0.1, 0.15) is 5.75 Å². The van der Waals surface area contributed by atoms with Gasteiger partial charge in [-0.05, 0) is 30.3 Å². The molecule has 6 nitrogen and oxygen atoms in total. The van der Waals surface area contributed by atoms with Gasteiger partial charge in [0.25, 0.3) is 5.69 Å². The van der Waals surface area contributed by atoms with Crippen molar-refractivity contribution in [2.75, 3.05) is 24.8 Å². The molecule has 104 valence electrons. The molecule has 2 aromatic carbocycles. The highest BCUT2D eigenvalue weighted by molar-refractivity contribution is 5.68. The fraction of sp³-hybridized carbons (Fsp3) is 0.143. The van der Waals surface area contributed by atoms with Crippen molar-refractivity contribution < 1.29 is 9.66 Å². The van der Waals surface area contributed by atoms with Gasteiger partial charge in [-0.1, -0.05) is 0 Å². The van der Waals surface area contributed by atoms with E-state index in [2.05, 4.69) is 10.6 Å². The van der Waals surface area contributed by atoms with Gasteiger partial charge in [0.15, 0.2) is 0 Å². The highest BCUT2D eigenvalue weighted by atomic mass is 16.6. The van der Waals surface area contributed by atoms with Gasteiger partial charge in [-0.3, -0.25) is 10.1 Å². The predicted molar refractivity (Wildman–Crippen MR) is 78.9 cm³/mol. The van der Waals surface area contributed by atoms with Crippen LogP contribution in [0.3, 0.4) is 0 Å². The molecule has 0 atom stereocenters. The topological polar surface area (TPSA) is 76.4 Å². The zero-order chi connectivity index (χ0) is 14.5. The van der Waals surface area contributed by atoms with E-state index in [1.165, 1.54) is 12.1 Å². The van der Waals surface area contributed by atoms with E-state index in [9.17, 15) is 10.1 Å². The van der Waals surface area contributed by atoms with E-state index in [0.29, 0.717) is 11.4 Å². The van der Waals surface area contributed by atoms with E-state index < -0.39 is 4.92 Å². The zero-order valence-electron chi connectivity index (χ0n) is 11.2. The van der Waals surface area contributed by atoms with Crippen LogP contribution in [0.4, 0.5) is 22.7 Å². The highest BCUT2D eigenvalue weighted by Crippen LogP contribution is 2.27. The number of rotatable bonds is 5. The lowest BCUT2D eigenvalue weighted by molar-refractivity contribution is -0.384. The number of nitro groups is 1. The van der Waals surface area contributed by atoms with Crippen molar-refractivity contribution in [1.29, 1.82) is 0 Å². The Balaban J connectivity index is 2.27. The molecule has 2 N–H and O–H groups in total. The number of non-ortho nitro benzene ring substituents is 1. The van der Waals surface area contributed by atoms with Crippen LogP contribution in [-0.4, -0.2) is 19.1 Å². The van der Waals surface area contributed by atoms with Crippen molar-refractivity contribution in [3.8, 4) is 5.75 Å². The Kier molecular flexibility index (Phi) is 4.05. The van der Waals surface area contributed by atoms with Gasteiger partial charge in [0, 0.05) is 36.2 Å². The van der Waals surface area contributed by atoms with E-state index in [1.807, 2.05) is 24.3 Å². The lowest BCUT2D eigenvalue weighted by atomic mass is 10.2. The predicted octanol–water partition coefficient (Wildman–Crippen LogP) is 3.39. The number of ether oxygens (including phenoxy) is 1. The minimum atomic E-state index is -0.417. The second-order valence-corrected chi connectivity index (χ2v) is 4.13. The first-order valence-electron chi connectivity index (χ1n) is 6.00. The molecule has 0 heterocycles. The number of hydrogen-bond acceptors (Lipinski definition) is 5. The minimum absolute atomic E-state index is 0.0351. The summed E-state index contributed by atoms with van der Waals surface area (Å²) in [6.45, 7) is 0. The van der Waals surface area contributed by atoms with E-state index in [-0.39, 0.29) is 5.69 Å². The summed E-state index contributed by atoms with van der Waals surface area (Å²) in [6.07, 6.45) is 0. The third-order valence-electron chi connectivity index (χ3n) is 2.80. The third-order valence-corrected chi connectivity index (χ3v) is 2.80. The monoisotopic (exact) mass is 273 g/mol. The van der Waals surface area contributed by atoms with E-state index in [0.717, 1.165) is 11.4 Å². The van der Waals surface area contributed by atoms with Crippen LogP contribution >= 0.6 is 0 Å². The molecule has 0 fully saturated rings. The first-order chi connectivity index (χ1) is 9.62. The van der Waals surface area contributed by atoms with Crippen molar-refractivity contribution in [1.82, 2.24) is 0 Å². The first kappa shape index (κ1) is 13.7. The molecule has 0 aliphatic heterocycles. The lowest BCUT2D eigenvalue weighted by Crippen LogP contribution is -1.96. The molecule has 20 heavy (non-hydrogen) atoms. The smallest absolute Gasteiger partial charge is 0.273 e. The average molecular weight is 273 g/mol. The number of nitrogens with one attached hydrogen (secondary N) is 2. The Morgan fingerprint density at radius 2 is 1.70 bits per heavy atom. The van der Waals surface area contributed by atoms with Gasteiger partial charge >= 0.3 is 0 Å². The molecule has 0 amide bonds. The highest BCUT2D eigenvalue weighted by Gasteiger charge is 2.09. The molecule has 0 aliphatic carbocycles. The maximum absolute atomic E-state index is 10.9. The molecule has 0 bridgehead atoms. The molecule has 0 aliphatic rings. The Labute approximate surface area is 116 Å². The van der Waals surface area contributed by atoms with Crippen molar-refractivity contribution in [2.24, 2.45) is 0 Å². The summed E-state index contributed by atoms with van der Waals surface area (Å²) in [4.78, 5) is 10.5. The van der Waals surface area contributed by atoms with Crippen LogP contribution in [0.2, 0.25) is 0 Å². The molecular formula is C14H15N3O3. The summed E-state index contributed by atoms with van der Waals surface area (Å²) in [5.41, 5.74) is 2.19. The standard InChI is InChI=1S/C14H15N3O3/c1-15-11-7-12(9-13(8-11)17(18)19)16-10-3-5-14(20-2)6-4-10/h3-9,15-16H,1-2H3. The van der Waals surface area contributed by atoms with Crippen LogP contribution in [-0.2, 0) is 0 Å². The lowest BCUT2D eigenvalue weighted by Gasteiger charge is -2.09. The fourth-order valence-electron chi connectivity index (χ4n) is 1.77. The van der Waals surface area contributed by atoms with Gasteiger partial charge in [0.05, 0.1) is 12.0 Å². The van der Waals surface area contributed by atoms with Crippen molar-refractivity contribution >= 4 is 22.7 Å². The van der Waals surface area contributed by atoms with Crippen molar-refractivity contribution in [2.45, 2.75) is 0 Å². The summed E-state index contributed by atoms with van der Waals surface area (Å²) in [6, 6.07) is 12.1. The van der Waals surface area contributed by atoms with Gasteiger partial charge in [-0.15, -0.1) is 0 Å². The van der Waals surface area contributed by atoms with Gasteiger partial charge in [0.2, 0.25) is 0 Å². The molecular weight excluding hydrogens is 258 g/mol.